The third kappa shape index (κ3) is 2.40. The molecule has 2 heterocycles. The van der Waals surface area contributed by atoms with Crippen LogP contribution in [0.1, 0.15) is 5.56 Å². The summed E-state index contributed by atoms with van der Waals surface area (Å²) in [6.45, 7) is 0.675. The molecule has 4 rings (SSSR count). The number of rotatable bonds is 4. The van der Waals surface area contributed by atoms with Crippen molar-refractivity contribution >= 4 is 22.5 Å². The van der Waals surface area contributed by atoms with Gasteiger partial charge in [0, 0.05) is 23.6 Å². The summed E-state index contributed by atoms with van der Waals surface area (Å²) >= 11 is 1.79. The molecule has 1 aliphatic rings. The van der Waals surface area contributed by atoms with Gasteiger partial charge in [-0.3, -0.25) is 4.79 Å². The lowest BCUT2D eigenvalue weighted by Gasteiger charge is -2.20. The van der Waals surface area contributed by atoms with E-state index in [0.717, 1.165) is 33.9 Å². The van der Waals surface area contributed by atoms with Gasteiger partial charge in [-0.2, -0.15) is 16.9 Å². The van der Waals surface area contributed by atoms with Crippen molar-refractivity contribution in [2.45, 2.75) is 5.75 Å². The molecule has 0 atom stereocenters. The third-order valence-corrected chi connectivity index (χ3v) is 4.89. The number of benzene rings is 2. The van der Waals surface area contributed by atoms with Crippen LogP contribution in [0.3, 0.4) is 0 Å². The lowest BCUT2D eigenvalue weighted by molar-refractivity contribution is 0.486. The van der Waals surface area contributed by atoms with Crippen LogP contribution in [-0.4, -0.2) is 22.5 Å². The maximum Gasteiger partial charge on any atom is 0.272 e. The lowest BCUT2D eigenvalue weighted by Crippen LogP contribution is -2.12. The summed E-state index contributed by atoms with van der Waals surface area (Å²) in [6, 6.07) is 11.6. The molecular weight excluding hydrogens is 310 g/mol. The molecule has 0 bridgehead atoms. The Kier molecular flexibility index (Phi) is 3.55. The Hall–Kier alpha value is -2.31. The van der Waals surface area contributed by atoms with E-state index in [1.54, 1.807) is 17.8 Å². The van der Waals surface area contributed by atoms with Crippen LogP contribution in [-0.2, 0) is 5.75 Å². The Balaban J connectivity index is 1.87. The fourth-order valence-corrected chi connectivity index (χ4v) is 3.53. The minimum absolute atomic E-state index is 0.202. The monoisotopic (exact) mass is 325 g/mol. The van der Waals surface area contributed by atoms with Crippen LogP contribution in [0.2, 0.25) is 0 Å². The zero-order valence-electron chi connectivity index (χ0n) is 12.3. The highest BCUT2D eigenvalue weighted by Crippen LogP contribution is 2.44. The van der Waals surface area contributed by atoms with E-state index in [-0.39, 0.29) is 5.56 Å². The van der Waals surface area contributed by atoms with E-state index in [4.69, 9.17) is 10.5 Å². The van der Waals surface area contributed by atoms with Crippen molar-refractivity contribution in [3.8, 4) is 22.8 Å². The van der Waals surface area contributed by atoms with Gasteiger partial charge in [-0.05, 0) is 29.8 Å². The van der Waals surface area contributed by atoms with Crippen LogP contribution in [0.15, 0.2) is 41.2 Å². The first kappa shape index (κ1) is 14.3. The van der Waals surface area contributed by atoms with E-state index < -0.39 is 0 Å². The largest absolute Gasteiger partial charge is 0.456 e. The Morgan fingerprint density at radius 2 is 2.13 bits per heavy atom. The summed E-state index contributed by atoms with van der Waals surface area (Å²) in [5, 5.41) is 8.23. The number of nitrogens with zero attached hydrogens (tertiary/aromatic N) is 1. The van der Waals surface area contributed by atoms with Crippen molar-refractivity contribution in [1.82, 2.24) is 10.2 Å². The van der Waals surface area contributed by atoms with E-state index in [9.17, 15) is 4.79 Å². The molecule has 0 radical (unpaired) electrons. The van der Waals surface area contributed by atoms with Gasteiger partial charge in [-0.15, -0.1) is 0 Å². The average Bonchev–Trinajstić information content (AvgIpc) is 2.58. The highest BCUT2D eigenvalue weighted by atomic mass is 32.2. The molecule has 116 valence electrons. The smallest absolute Gasteiger partial charge is 0.272 e. The average molecular weight is 325 g/mol. The molecule has 3 aromatic rings. The Morgan fingerprint density at radius 1 is 1.22 bits per heavy atom. The summed E-state index contributed by atoms with van der Waals surface area (Å²) in [5.74, 6) is 3.25. The molecule has 23 heavy (non-hydrogen) atoms. The molecular formula is C17H15N3O2S. The van der Waals surface area contributed by atoms with Gasteiger partial charge in [0.25, 0.3) is 5.56 Å². The number of fused-ring (bicyclic) bond motifs is 2. The van der Waals surface area contributed by atoms with Gasteiger partial charge in [0.1, 0.15) is 17.2 Å². The zero-order valence-corrected chi connectivity index (χ0v) is 13.2. The maximum absolute atomic E-state index is 12.0. The predicted octanol–water partition coefficient (Wildman–Crippen LogP) is 2.89. The second-order valence-electron chi connectivity index (χ2n) is 5.35. The molecule has 0 aliphatic carbocycles. The fraction of sp³-hybridized carbons (Fsp3) is 0.176. The fourth-order valence-electron chi connectivity index (χ4n) is 2.80. The number of hydrogen-bond acceptors (Lipinski definition) is 5. The van der Waals surface area contributed by atoms with Gasteiger partial charge in [0.2, 0.25) is 0 Å². The number of nitrogens with two attached hydrogens (primary N) is 1. The maximum atomic E-state index is 12.0. The van der Waals surface area contributed by atoms with E-state index in [1.165, 1.54) is 5.56 Å². The standard InChI is InChI=1S/C17H15N3O2S/c18-6-7-23-9-10-4-5-13-12(8-10)16-15-11(17(21)20-19-16)2-1-3-14(15)22-13/h1-5,8H,6-7,9,18H2,(H,20,21). The van der Waals surface area contributed by atoms with E-state index in [2.05, 4.69) is 22.3 Å². The van der Waals surface area contributed by atoms with Crippen molar-refractivity contribution in [2.24, 2.45) is 5.73 Å². The number of H-pyrrole nitrogens is 1. The number of thioether (sulfide) groups is 1. The summed E-state index contributed by atoms with van der Waals surface area (Å²) in [7, 11) is 0. The molecule has 0 saturated carbocycles. The number of ether oxygens (including phenoxy) is 1. The minimum atomic E-state index is -0.202. The van der Waals surface area contributed by atoms with Gasteiger partial charge in [-0.1, -0.05) is 12.1 Å². The Labute approximate surface area is 136 Å². The van der Waals surface area contributed by atoms with Crippen molar-refractivity contribution in [1.29, 1.82) is 0 Å². The molecule has 0 spiro atoms. The minimum Gasteiger partial charge on any atom is -0.456 e. The van der Waals surface area contributed by atoms with Gasteiger partial charge < -0.3 is 10.5 Å². The van der Waals surface area contributed by atoms with Crippen molar-refractivity contribution < 1.29 is 4.74 Å². The van der Waals surface area contributed by atoms with Gasteiger partial charge in [-0.25, -0.2) is 5.10 Å². The molecule has 0 unspecified atom stereocenters. The van der Waals surface area contributed by atoms with Crippen LogP contribution in [0.4, 0.5) is 0 Å². The van der Waals surface area contributed by atoms with Gasteiger partial charge >= 0.3 is 0 Å². The first-order valence-electron chi connectivity index (χ1n) is 7.38. The Morgan fingerprint density at radius 3 is 3.00 bits per heavy atom. The second kappa shape index (κ2) is 5.72. The molecule has 0 fully saturated rings. The van der Waals surface area contributed by atoms with Gasteiger partial charge in [0.15, 0.2) is 0 Å². The van der Waals surface area contributed by atoms with E-state index in [0.29, 0.717) is 17.7 Å². The molecule has 0 saturated heterocycles. The zero-order chi connectivity index (χ0) is 15.8. The van der Waals surface area contributed by atoms with Crippen molar-refractivity contribution in [2.75, 3.05) is 12.3 Å². The molecule has 6 heteroatoms. The van der Waals surface area contributed by atoms with E-state index >= 15 is 0 Å². The molecule has 0 amide bonds. The van der Waals surface area contributed by atoms with Crippen LogP contribution in [0, 0.1) is 0 Å². The molecule has 1 aliphatic heterocycles. The quantitative estimate of drug-likeness (QED) is 0.564. The summed E-state index contributed by atoms with van der Waals surface area (Å²) in [4.78, 5) is 12.0. The van der Waals surface area contributed by atoms with Crippen molar-refractivity contribution in [3.05, 3.63) is 52.3 Å². The molecule has 5 nitrogen and oxygen atoms in total. The predicted molar refractivity (Wildman–Crippen MR) is 93.1 cm³/mol. The number of aromatic amines is 1. The number of nitrogens with one attached hydrogen (secondary N) is 1. The Bertz CT molecular complexity index is 952. The van der Waals surface area contributed by atoms with Crippen LogP contribution >= 0.6 is 11.8 Å². The summed E-state index contributed by atoms with van der Waals surface area (Å²) < 4.78 is 5.97. The van der Waals surface area contributed by atoms with Crippen LogP contribution in [0.5, 0.6) is 11.5 Å². The summed E-state index contributed by atoms with van der Waals surface area (Å²) in [6.07, 6.45) is 0. The number of hydrogen-bond donors (Lipinski definition) is 2. The highest BCUT2D eigenvalue weighted by Gasteiger charge is 2.22. The molecule has 1 aromatic heterocycles. The van der Waals surface area contributed by atoms with Gasteiger partial charge in [0.05, 0.1) is 10.8 Å². The topological polar surface area (TPSA) is 81.0 Å². The van der Waals surface area contributed by atoms with E-state index in [1.807, 2.05) is 18.2 Å². The number of aromatic nitrogens is 2. The first-order valence-corrected chi connectivity index (χ1v) is 8.54. The summed E-state index contributed by atoms with van der Waals surface area (Å²) in [5.41, 5.74) is 8.20. The molecule has 2 aromatic carbocycles. The third-order valence-electron chi connectivity index (χ3n) is 3.83. The van der Waals surface area contributed by atoms with Crippen LogP contribution < -0.4 is 16.0 Å². The lowest BCUT2D eigenvalue weighted by atomic mass is 9.99. The SMILES string of the molecule is NCCSCc1ccc2c(c1)-c1n[nH]c(=O)c3cccc(c13)O2. The first-order chi connectivity index (χ1) is 11.3. The molecule has 3 N–H and O–H groups in total. The second-order valence-corrected chi connectivity index (χ2v) is 6.46. The normalized spacial score (nSPS) is 12.0. The van der Waals surface area contributed by atoms with Crippen LogP contribution in [0.25, 0.3) is 22.0 Å². The highest BCUT2D eigenvalue weighted by molar-refractivity contribution is 7.98. The van der Waals surface area contributed by atoms with Crippen molar-refractivity contribution in [3.63, 3.8) is 0 Å².